The second kappa shape index (κ2) is 5.54. The van der Waals surface area contributed by atoms with Crippen molar-refractivity contribution in [2.75, 3.05) is 6.54 Å². The van der Waals surface area contributed by atoms with Crippen LogP contribution < -0.4 is 5.73 Å². The molecule has 0 atom stereocenters. The SMILES string of the molecule is Cc1nc(Cc2ccc(F)cc2F)sc1CCN. The molecule has 1 aromatic heterocycles. The third-order valence-electron chi connectivity index (χ3n) is 2.67. The minimum Gasteiger partial charge on any atom is -0.330 e. The quantitative estimate of drug-likeness (QED) is 0.926. The van der Waals surface area contributed by atoms with Gasteiger partial charge in [-0.1, -0.05) is 6.07 Å². The average molecular weight is 268 g/mol. The predicted molar refractivity (Wildman–Crippen MR) is 68.8 cm³/mol. The van der Waals surface area contributed by atoms with Crippen molar-refractivity contribution < 1.29 is 8.78 Å². The van der Waals surface area contributed by atoms with Crippen LogP contribution in [0.25, 0.3) is 0 Å². The van der Waals surface area contributed by atoms with Crippen molar-refractivity contribution in [1.82, 2.24) is 4.98 Å². The fourth-order valence-corrected chi connectivity index (χ4v) is 2.86. The van der Waals surface area contributed by atoms with Crippen molar-refractivity contribution in [2.45, 2.75) is 19.8 Å². The van der Waals surface area contributed by atoms with Crippen molar-refractivity contribution in [1.29, 1.82) is 0 Å². The summed E-state index contributed by atoms with van der Waals surface area (Å²) in [5.74, 6) is -1.08. The van der Waals surface area contributed by atoms with Gasteiger partial charge in [-0.25, -0.2) is 13.8 Å². The minimum atomic E-state index is -0.560. The first-order chi connectivity index (χ1) is 8.60. The lowest BCUT2D eigenvalue weighted by Gasteiger charge is -2.00. The number of nitrogens with two attached hydrogens (primary N) is 1. The highest BCUT2D eigenvalue weighted by atomic mass is 32.1. The molecule has 0 aliphatic rings. The molecule has 5 heteroatoms. The molecule has 18 heavy (non-hydrogen) atoms. The maximum absolute atomic E-state index is 13.5. The summed E-state index contributed by atoms with van der Waals surface area (Å²) in [7, 11) is 0. The summed E-state index contributed by atoms with van der Waals surface area (Å²) in [5.41, 5.74) is 6.92. The largest absolute Gasteiger partial charge is 0.330 e. The Labute approximate surface area is 108 Å². The summed E-state index contributed by atoms with van der Waals surface area (Å²) >= 11 is 1.54. The van der Waals surface area contributed by atoms with Gasteiger partial charge in [0.15, 0.2) is 0 Å². The van der Waals surface area contributed by atoms with Gasteiger partial charge in [-0.15, -0.1) is 11.3 Å². The third kappa shape index (κ3) is 2.91. The van der Waals surface area contributed by atoms with Crippen LogP contribution in [0.3, 0.4) is 0 Å². The number of aromatic nitrogens is 1. The van der Waals surface area contributed by atoms with Gasteiger partial charge in [-0.05, 0) is 31.5 Å². The lowest BCUT2D eigenvalue weighted by Crippen LogP contribution is -2.01. The van der Waals surface area contributed by atoms with Gasteiger partial charge in [0.1, 0.15) is 11.6 Å². The van der Waals surface area contributed by atoms with Gasteiger partial charge in [0, 0.05) is 17.4 Å². The second-order valence-electron chi connectivity index (χ2n) is 4.07. The van der Waals surface area contributed by atoms with E-state index in [1.54, 1.807) is 11.3 Å². The molecule has 2 aromatic rings. The summed E-state index contributed by atoms with van der Waals surface area (Å²) in [6.07, 6.45) is 1.18. The molecule has 0 spiro atoms. The fourth-order valence-electron chi connectivity index (χ4n) is 1.75. The van der Waals surface area contributed by atoms with Crippen LogP contribution in [0.15, 0.2) is 18.2 Å². The van der Waals surface area contributed by atoms with Gasteiger partial charge in [-0.2, -0.15) is 0 Å². The summed E-state index contributed by atoms with van der Waals surface area (Å²) in [5, 5.41) is 0.835. The van der Waals surface area contributed by atoms with Gasteiger partial charge in [0.2, 0.25) is 0 Å². The van der Waals surface area contributed by atoms with Crippen LogP contribution in [0.4, 0.5) is 8.78 Å². The van der Waals surface area contributed by atoms with Gasteiger partial charge in [-0.3, -0.25) is 0 Å². The molecule has 0 fully saturated rings. The van der Waals surface area contributed by atoms with Crippen LogP contribution in [-0.2, 0) is 12.8 Å². The molecule has 96 valence electrons. The van der Waals surface area contributed by atoms with E-state index in [1.165, 1.54) is 12.1 Å². The Morgan fingerprint density at radius 2 is 2.11 bits per heavy atom. The zero-order chi connectivity index (χ0) is 13.1. The molecular weight excluding hydrogens is 254 g/mol. The second-order valence-corrected chi connectivity index (χ2v) is 5.24. The molecule has 0 radical (unpaired) electrons. The summed E-state index contributed by atoms with van der Waals surface area (Å²) in [4.78, 5) is 5.52. The highest BCUT2D eigenvalue weighted by Gasteiger charge is 2.10. The van der Waals surface area contributed by atoms with Crippen LogP contribution in [0.2, 0.25) is 0 Å². The molecule has 0 bridgehead atoms. The Hall–Kier alpha value is -1.33. The summed E-state index contributed by atoms with van der Waals surface area (Å²) < 4.78 is 26.3. The van der Waals surface area contributed by atoms with Gasteiger partial charge in [0.05, 0.1) is 10.7 Å². The molecule has 0 aliphatic heterocycles. The molecule has 2 nitrogen and oxygen atoms in total. The van der Waals surface area contributed by atoms with E-state index in [0.717, 1.165) is 28.1 Å². The molecule has 0 aliphatic carbocycles. The van der Waals surface area contributed by atoms with E-state index in [0.29, 0.717) is 18.5 Å². The maximum Gasteiger partial charge on any atom is 0.129 e. The zero-order valence-corrected chi connectivity index (χ0v) is 10.9. The number of nitrogens with zero attached hydrogens (tertiary/aromatic N) is 1. The van der Waals surface area contributed by atoms with Gasteiger partial charge < -0.3 is 5.73 Å². The molecule has 2 rings (SSSR count). The number of thiazole rings is 1. The smallest absolute Gasteiger partial charge is 0.129 e. The normalized spacial score (nSPS) is 10.9. The van der Waals surface area contributed by atoms with Gasteiger partial charge in [0.25, 0.3) is 0 Å². The topological polar surface area (TPSA) is 38.9 Å². The monoisotopic (exact) mass is 268 g/mol. The first-order valence-corrected chi connectivity index (χ1v) is 6.51. The first kappa shape index (κ1) is 13.1. The Bertz CT molecular complexity index is 552. The van der Waals surface area contributed by atoms with Crippen molar-refractivity contribution in [3.8, 4) is 0 Å². The molecule has 0 saturated carbocycles. The van der Waals surface area contributed by atoms with Crippen molar-refractivity contribution >= 4 is 11.3 Å². The molecule has 2 N–H and O–H groups in total. The van der Waals surface area contributed by atoms with Crippen LogP contribution in [0.1, 0.15) is 21.1 Å². The van der Waals surface area contributed by atoms with E-state index in [2.05, 4.69) is 4.98 Å². The van der Waals surface area contributed by atoms with Crippen molar-refractivity contribution in [2.24, 2.45) is 5.73 Å². The van der Waals surface area contributed by atoms with E-state index in [4.69, 9.17) is 5.73 Å². The zero-order valence-electron chi connectivity index (χ0n) is 10.0. The number of halogens is 2. The highest BCUT2D eigenvalue weighted by Crippen LogP contribution is 2.22. The lowest BCUT2D eigenvalue weighted by molar-refractivity contribution is 0.574. The van der Waals surface area contributed by atoms with Crippen LogP contribution in [-0.4, -0.2) is 11.5 Å². The molecular formula is C13H14F2N2S. The predicted octanol–water partition coefficient (Wildman–Crippen LogP) is 2.82. The Balaban J connectivity index is 2.20. The van der Waals surface area contributed by atoms with E-state index < -0.39 is 11.6 Å². The third-order valence-corrected chi connectivity index (χ3v) is 3.88. The molecule has 0 amide bonds. The Morgan fingerprint density at radius 3 is 2.78 bits per heavy atom. The standard InChI is InChI=1S/C13H14F2N2S/c1-8-12(4-5-16)18-13(17-8)6-9-2-3-10(14)7-11(9)15/h2-3,7H,4-6,16H2,1H3. The maximum atomic E-state index is 13.5. The van der Waals surface area contributed by atoms with E-state index in [-0.39, 0.29) is 0 Å². The summed E-state index contributed by atoms with van der Waals surface area (Å²) in [6.45, 7) is 2.50. The van der Waals surface area contributed by atoms with Crippen molar-refractivity contribution in [3.05, 3.63) is 51.0 Å². The summed E-state index contributed by atoms with van der Waals surface area (Å²) in [6, 6.07) is 3.63. The first-order valence-electron chi connectivity index (χ1n) is 5.69. The number of rotatable bonds is 4. The lowest BCUT2D eigenvalue weighted by atomic mass is 10.1. The van der Waals surface area contributed by atoms with Gasteiger partial charge >= 0.3 is 0 Å². The Kier molecular flexibility index (Phi) is 4.04. The highest BCUT2D eigenvalue weighted by molar-refractivity contribution is 7.11. The number of hydrogen-bond acceptors (Lipinski definition) is 3. The van der Waals surface area contributed by atoms with Crippen LogP contribution >= 0.6 is 11.3 Å². The number of benzene rings is 1. The van der Waals surface area contributed by atoms with Crippen LogP contribution in [0.5, 0.6) is 0 Å². The molecule has 0 saturated heterocycles. The average Bonchev–Trinajstić information content (AvgIpc) is 2.64. The number of hydrogen-bond donors (Lipinski definition) is 1. The van der Waals surface area contributed by atoms with Crippen LogP contribution in [0, 0.1) is 18.6 Å². The van der Waals surface area contributed by atoms with E-state index in [9.17, 15) is 8.78 Å². The number of aryl methyl sites for hydroxylation is 1. The molecule has 1 heterocycles. The fraction of sp³-hybridized carbons (Fsp3) is 0.308. The minimum absolute atomic E-state index is 0.391. The van der Waals surface area contributed by atoms with Crippen molar-refractivity contribution in [3.63, 3.8) is 0 Å². The molecule has 1 aromatic carbocycles. The molecule has 0 unspecified atom stereocenters. The van der Waals surface area contributed by atoms with E-state index >= 15 is 0 Å². The Morgan fingerprint density at radius 1 is 1.33 bits per heavy atom. The van der Waals surface area contributed by atoms with E-state index in [1.807, 2.05) is 6.92 Å².